The van der Waals surface area contributed by atoms with Gasteiger partial charge in [-0.05, 0) is 30.5 Å². The molecular weight excluding hydrogens is 383 g/mol. The number of nitrogens with zero attached hydrogens (tertiary/aromatic N) is 2. The number of rotatable bonds is 5. The molecule has 3 heterocycles. The molecule has 0 saturated carbocycles. The maximum Gasteiger partial charge on any atom is 0.260 e. The zero-order chi connectivity index (χ0) is 15.8. The van der Waals surface area contributed by atoms with Gasteiger partial charge in [0.05, 0.1) is 17.1 Å². The standard InChI is InChI=1S/C16H18N4O2S.2ClH/c17-15(21)14-9-20-13-6-10(3-4-12(13)19-16(20)23-14)7-18-8-11-2-1-5-22-11;;/h3-4,6,9,11,18H,1-2,5,7-8H2,(H2,17,21);2*1H/t11-;;/m1../s1. The molecular formula is C16H20Cl2N4O2S. The number of primary amides is 1. The molecule has 9 heteroatoms. The van der Waals surface area contributed by atoms with E-state index >= 15 is 0 Å². The number of carbonyl (C=O) groups excluding carboxylic acids is 1. The van der Waals surface area contributed by atoms with Crippen LogP contribution in [0.5, 0.6) is 0 Å². The van der Waals surface area contributed by atoms with Crippen LogP contribution in [0, 0.1) is 0 Å². The number of nitrogens with two attached hydrogens (primary N) is 1. The number of fused-ring (bicyclic) bond motifs is 3. The van der Waals surface area contributed by atoms with Gasteiger partial charge in [0.1, 0.15) is 4.88 Å². The Kier molecular flexibility index (Phi) is 6.65. The van der Waals surface area contributed by atoms with Crippen LogP contribution in [0.2, 0.25) is 0 Å². The van der Waals surface area contributed by atoms with Crippen LogP contribution in [-0.2, 0) is 11.3 Å². The first-order chi connectivity index (χ1) is 11.2. The van der Waals surface area contributed by atoms with Gasteiger partial charge in [0.2, 0.25) is 0 Å². The van der Waals surface area contributed by atoms with Gasteiger partial charge in [0.25, 0.3) is 5.91 Å². The summed E-state index contributed by atoms with van der Waals surface area (Å²) >= 11 is 1.32. The number of benzene rings is 1. The van der Waals surface area contributed by atoms with E-state index in [4.69, 9.17) is 10.5 Å². The summed E-state index contributed by atoms with van der Waals surface area (Å²) in [6.45, 7) is 2.55. The van der Waals surface area contributed by atoms with Gasteiger partial charge in [0, 0.05) is 25.9 Å². The van der Waals surface area contributed by atoms with E-state index in [1.54, 1.807) is 6.20 Å². The molecule has 1 atom stereocenters. The molecule has 136 valence electrons. The monoisotopic (exact) mass is 402 g/mol. The highest BCUT2D eigenvalue weighted by Gasteiger charge is 2.15. The normalized spacial score (nSPS) is 16.7. The maximum atomic E-state index is 11.3. The van der Waals surface area contributed by atoms with Crippen molar-refractivity contribution < 1.29 is 9.53 Å². The third kappa shape index (κ3) is 4.07. The molecule has 25 heavy (non-hydrogen) atoms. The largest absolute Gasteiger partial charge is 0.377 e. The molecule has 3 N–H and O–H groups in total. The molecule has 1 aliphatic rings. The Hall–Kier alpha value is -1.38. The van der Waals surface area contributed by atoms with Crippen molar-refractivity contribution in [2.45, 2.75) is 25.5 Å². The van der Waals surface area contributed by atoms with E-state index in [-0.39, 0.29) is 24.8 Å². The number of imidazole rings is 1. The van der Waals surface area contributed by atoms with Gasteiger partial charge < -0.3 is 15.8 Å². The van der Waals surface area contributed by atoms with Gasteiger partial charge in [0.15, 0.2) is 4.96 Å². The van der Waals surface area contributed by atoms with Gasteiger partial charge in [-0.2, -0.15) is 0 Å². The first-order valence-electron chi connectivity index (χ1n) is 7.73. The average Bonchev–Trinajstić information content (AvgIpc) is 3.22. The molecule has 0 radical (unpaired) electrons. The molecule has 0 unspecified atom stereocenters. The van der Waals surface area contributed by atoms with Crippen molar-refractivity contribution >= 4 is 58.1 Å². The van der Waals surface area contributed by atoms with E-state index < -0.39 is 5.91 Å². The number of hydrogen-bond donors (Lipinski definition) is 2. The Bertz CT molecular complexity index is 874. The number of halogens is 2. The molecule has 6 nitrogen and oxygen atoms in total. The summed E-state index contributed by atoms with van der Waals surface area (Å²) in [5, 5.41) is 3.45. The van der Waals surface area contributed by atoms with Gasteiger partial charge in [-0.3, -0.25) is 9.20 Å². The summed E-state index contributed by atoms with van der Waals surface area (Å²) in [6.07, 6.45) is 4.41. The van der Waals surface area contributed by atoms with Gasteiger partial charge >= 0.3 is 0 Å². The zero-order valence-corrected chi connectivity index (χ0v) is 15.9. The predicted octanol–water partition coefficient (Wildman–Crippen LogP) is 2.76. The smallest absolute Gasteiger partial charge is 0.260 e. The number of aromatic nitrogens is 2. The van der Waals surface area contributed by atoms with Gasteiger partial charge in [-0.1, -0.05) is 17.4 Å². The second-order valence-corrected chi connectivity index (χ2v) is 6.82. The lowest BCUT2D eigenvalue weighted by Gasteiger charge is -2.10. The zero-order valence-electron chi connectivity index (χ0n) is 13.4. The van der Waals surface area contributed by atoms with E-state index in [2.05, 4.69) is 22.4 Å². The Balaban J connectivity index is 0.00000113. The van der Waals surface area contributed by atoms with Crippen molar-refractivity contribution in [2.24, 2.45) is 5.73 Å². The molecule has 1 saturated heterocycles. The Labute approximate surface area is 161 Å². The van der Waals surface area contributed by atoms with Crippen LogP contribution in [0.3, 0.4) is 0 Å². The molecule has 0 bridgehead atoms. The molecule has 2 aromatic heterocycles. The van der Waals surface area contributed by atoms with Crippen molar-refractivity contribution in [2.75, 3.05) is 13.2 Å². The van der Waals surface area contributed by atoms with Crippen LogP contribution in [0.1, 0.15) is 28.1 Å². The molecule has 4 rings (SSSR count). The number of amides is 1. The fourth-order valence-corrected chi connectivity index (χ4v) is 3.81. The van der Waals surface area contributed by atoms with Crippen molar-refractivity contribution in [3.63, 3.8) is 0 Å². The number of thiazole rings is 1. The van der Waals surface area contributed by atoms with Gasteiger partial charge in [-0.25, -0.2) is 4.98 Å². The maximum absolute atomic E-state index is 11.3. The summed E-state index contributed by atoms with van der Waals surface area (Å²) in [5.41, 5.74) is 8.46. The van der Waals surface area contributed by atoms with E-state index in [1.807, 2.05) is 10.5 Å². The quantitative estimate of drug-likeness (QED) is 0.687. The van der Waals surface area contributed by atoms with Crippen molar-refractivity contribution in [3.05, 3.63) is 34.8 Å². The second-order valence-electron chi connectivity index (χ2n) is 5.81. The lowest BCUT2D eigenvalue weighted by atomic mass is 10.2. The lowest BCUT2D eigenvalue weighted by molar-refractivity contribution is 0.100. The number of nitrogens with one attached hydrogen (secondary N) is 1. The van der Waals surface area contributed by atoms with Crippen molar-refractivity contribution in [3.8, 4) is 0 Å². The summed E-state index contributed by atoms with van der Waals surface area (Å²) in [6, 6.07) is 6.20. The highest BCUT2D eigenvalue weighted by molar-refractivity contribution is 7.18. The van der Waals surface area contributed by atoms with Crippen molar-refractivity contribution in [1.82, 2.24) is 14.7 Å². The molecule has 3 aromatic rings. The minimum Gasteiger partial charge on any atom is -0.377 e. The van der Waals surface area contributed by atoms with E-state index in [0.29, 0.717) is 11.0 Å². The Morgan fingerprint density at radius 1 is 1.44 bits per heavy atom. The highest BCUT2D eigenvalue weighted by Crippen LogP contribution is 2.24. The molecule has 1 fully saturated rings. The molecule has 0 aliphatic carbocycles. The topological polar surface area (TPSA) is 81.7 Å². The minimum atomic E-state index is -0.414. The summed E-state index contributed by atoms with van der Waals surface area (Å²) in [7, 11) is 0. The number of ether oxygens (including phenoxy) is 1. The second kappa shape index (κ2) is 8.33. The van der Waals surface area contributed by atoms with E-state index in [0.717, 1.165) is 48.5 Å². The first-order valence-corrected chi connectivity index (χ1v) is 8.55. The predicted molar refractivity (Wildman–Crippen MR) is 104 cm³/mol. The third-order valence-electron chi connectivity index (χ3n) is 4.14. The molecule has 1 aromatic carbocycles. The average molecular weight is 403 g/mol. The lowest BCUT2D eigenvalue weighted by Crippen LogP contribution is -2.25. The minimum absolute atomic E-state index is 0. The fraction of sp³-hybridized carbons (Fsp3) is 0.375. The molecule has 0 spiro atoms. The van der Waals surface area contributed by atoms with Crippen LogP contribution < -0.4 is 11.1 Å². The van der Waals surface area contributed by atoms with Crippen LogP contribution in [-0.4, -0.2) is 34.5 Å². The van der Waals surface area contributed by atoms with Crippen LogP contribution in [0.15, 0.2) is 24.4 Å². The van der Waals surface area contributed by atoms with Crippen LogP contribution in [0.25, 0.3) is 16.0 Å². The summed E-state index contributed by atoms with van der Waals surface area (Å²) in [4.78, 5) is 17.2. The SMILES string of the molecule is Cl.Cl.NC(=O)c1cn2c(nc3ccc(CNC[C@H]4CCCO4)cc32)s1. The Morgan fingerprint density at radius 2 is 2.28 bits per heavy atom. The Morgan fingerprint density at radius 3 is 3.00 bits per heavy atom. The molecule has 1 aliphatic heterocycles. The molecule has 1 amide bonds. The van der Waals surface area contributed by atoms with E-state index in [9.17, 15) is 4.79 Å². The van der Waals surface area contributed by atoms with Gasteiger partial charge in [-0.15, -0.1) is 24.8 Å². The number of carbonyl (C=O) groups is 1. The highest BCUT2D eigenvalue weighted by atomic mass is 35.5. The first kappa shape index (κ1) is 19.9. The van der Waals surface area contributed by atoms with E-state index in [1.165, 1.54) is 16.9 Å². The summed E-state index contributed by atoms with van der Waals surface area (Å²) < 4.78 is 7.55. The van der Waals surface area contributed by atoms with Crippen molar-refractivity contribution in [1.29, 1.82) is 0 Å². The number of hydrogen-bond acceptors (Lipinski definition) is 5. The van der Waals surface area contributed by atoms with Crippen LogP contribution >= 0.6 is 36.2 Å². The third-order valence-corrected chi connectivity index (χ3v) is 5.13. The fourth-order valence-electron chi connectivity index (χ4n) is 2.96. The summed E-state index contributed by atoms with van der Waals surface area (Å²) in [5.74, 6) is -0.414. The van der Waals surface area contributed by atoms with Crippen LogP contribution in [0.4, 0.5) is 0 Å².